The van der Waals surface area contributed by atoms with Gasteiger partial charge in [-0.3, -0.25) is 14.6 Å². The number of hydrogen-bond donors (Lipinski definition) is 2. The highest BCUT2D eigenvalue weighted by molar-refractivity contribution is 6.07. The molecule has 6 nitrogen and oxygen atoms in total. The van der Waals surface area contributed by atoms with Crippen molar-refractivity contribution in [1.82, 2.24) is 15.3 Å². The number of fused-ring (bicyclic) bond motifs is 1. The van der Waals surface area contributed by atoms with Crippen LogP contribution in [0.1, 0.15) is 36.2 Å². The third kappa shape index (κ3) is 5.23. The Labute approximate surface area is 193 Å². The van der Waals surface area contributed by atoms with Crippen molar-refractivity contribution in [2.45, 2.75) is 26.8 Å². The monoisotopic (exact) mass is 438 g/mol. The second kappa shape index (κ2) is 10.0. The lowest BCUT2D eigenvalue weighted by atomic mass is 10.0. The topological polar surface area (TPSA) is 84.0 Å². The summed E-state index contributed by atoms with van der Waals surface area (Å²) in [7, 11) is 0. The summed E-state index contributed by atoms with van der Waals surface area (Å²) in [6, 6.07) is 20.7. The van der Waals surface area contributed by atoms with Crippen molar-refractivity contribution in [3.05, 3.63) is 90.3 Å². The maximum absolute atomic E-state index is 13.2. The zero-order valence-electron chi connectivity index (χ0n) is 18.7. The molecule has 2 N–H and O–H groups in total. The van der Waals surface area contributed by atoms with Crippen LogP contribution >= 0.6 is 0 Å². The minimum Gasteiger partial charge on any atom is -0.348 e. The number of aromatic nitrogens is 2. The first-order chi connectivity index (χ1) is 16.0. The quantitative estimate of drug-likeness (QED) is 0.415. The number of nitrogens with zero attached hydrogens (tertiary/aromatic N) is 2. The first kappa shape index (κ1) is 22.1. The van der Waals surface area contributed by atoms with Crippen LogP contribution in [-0.2, 0) is 11.3 Å². The Morgan fingerprint density at radius 2 is 1.76 bits per heavy atom. The first-order valence-corrected chi connectivity index (χ1v) is 11.0. The van der Waals surface area contributed by atoms with Crippen LogP contribution in [0.4, 0.5) is 5.69 Å². The van der Waals surface area contributed by atoms with Gasteiger partial charge in [-0.15, -0.1) is 0 Å². The lowest BCUT2D eigenvalue weighted by molar-refractivity contribution is -0.119. The lowest BCUT2D eigenvalue weighted by Gasteiger charge is -2.12. The fraction of sp³-hybridized carbons (Fsp3) is 0.185. The Kier molecular flexibility index (Phi) is 6.74. The zero-order valence-corrected chi connectivity index (χ0v) is 18.7. The zero-order chi connectivity index (χ0) is 23.2. The molecule has 4 aromatic rings. The van der Waals surface area contributed by atoms with Crippen LogP contribution < -0.4 is 10.6 Å². The Hall–Kier alpha value is -4.06. The Bertz CT molecular complexity index is 1290. The van der Waals surface area contributed by atoms with Gasteiger partial charge < -0.3 is 10.6 Å². The summed E-state index contributed by atoms with van der Waals surface area (Å²) in [6.45, 7) is 4.23. The van der Waals surface area contributed by atoms with E-state index in [2.05, 4.69) is 15.6 Å². The molecule has 0 saturated carbocycles. The van der Waals surface area contributed by atoms with Crippen LogP contribution in [0.2, 0.25) is 0 Å². The first-order valence-electron chi connectivity index (χ1n) is 11.0. The molecule has 0 bridgehead atoms. The van der Waals surface area contributed by atoms with E-state index in [0.717, 1.165) is 39.8 Å². The normalized spacial score (nSPS) is 11.7. The summed E-state index contributed by atoms with van der Waals surface area (Å²) in [5.74, 6) is -0.244. The Morgan fingerprint density at radius 3 is 2.55 bits per heavy atom. The molecular weight excluding hydrogens is 412 g/mol. The second-order valence-electron chi connectivity index (χ2n) is 7.99. The van der Waals surface area contributed by atoms with Crippen molar-refractivity contribution in [1.29, 1.82) is 0 Å². The van der Waals surface area contributed by atoms with Gasteiger partial charge in [0.15, 0.2) is 0 Å². The van der Waals surface area contributed by atoms with Gasteiger partial charge in [0.25, 0.3) is 5.91 Å². The number of para-hydroxylation sites is 1. The summed E-state index contributed by atoms with van der Waals surface area (Å²) in [5, 5.41) is 6.74. The predicted molar refractivity (Wildman–Crippen MR) is 131 cm³/mol. The molecule has 1 atom stereocenters. The average molecular weight is 439 g/mol. The van der Waals surface area contributed by atoms with Crippen molar-refractivity contribution in [2.75, 3.05) is 5.32 Å². The number of carbonyl (C=O) groups is 2. The van der Waals surface area contributed by atoms with Crippen LogP contribution in [0.3, 0.4) is 0 Å². The van der Waals surface area contributed by atoms with Crippen molar-refractivity contribution in [3.8, 4) is 11.3 Å². The molecule has 2 heterocycles. The summed E-state index contributed by atoms with van der Waals surface area (Å²) < 4.78 is 0. The largest absolute Gasteiger partial charge is 0.348 e. The van der Waals surface area contributed by atoms with Crippen molar-refractivity contribution < 1.29 is 9.59 Å². The van der Waals surface area contributed by atoms with Crippen molar-refractivity contribution >= 4 is 28.4 Å². The summed E-state index contributed by atoms with van der Waals surface area (Å²) in [5.41, 5.74) is 4.56. The van der Waals surface area contributed by atoms with E-state index in [1.807, 2.05) is 80.6 Å². The highest BCUT2D eigenvalue weighted by atomic mass is 16.2. The Balaban J connectivity index is 1.55. The number of anilines is 1. The van der Waals surface area contributed by atoms with E-state index >= 15 is 0 Å². The molecular formula is C27H26N4O2. The molecule has 0 aliphatic carbocycles. The van der Waals surface area contributed by atoms with Gasteiger partial charge in [-0.05, 0) is 48.4 Å². The number of hydrogen-bond acceptors (Lipinski definition) is 4. The molecule has 2 aromatic carbocycles. The van der Waals surface area contributed by atoms with E-state index in [4.69, 9.17) is 4.98 Å². The fourth-order valence-electron chi connectivity index (χ4n) is 3.52. The van der Waals surface area contributed by atoms with Crippen molar-refractivity contribution in [3.63, 3.8) is 0 Å². The van der Waals surface area contributed by atoms with E-state index in [-0.39, 0.29) is 17.7 Å². The number of rotatable bonds is 7. The van der Waals surface area contributed by atoms with Crippen LogP contribution in [0.15, 0.2) is 79.1 Å². The Morgan fingerprint density at radius 1 is 0.970 bits per heavy atom. The van der Waals surface area contributed by atoms with Gasteiger partial charge in [-0.1, -0.05) is 44.2 Å². The lowest BCUT2D eigenvalue weighted by Crippen LogP contribution is -2.23. The van der Waals surface area contributed by atoms with Gasteiger partial charge in [0.2, 0.25) is 5.91 Å². The molecule has 0 fully saturated rings. The summed E-state index contributed by atoms with van der Waals surface area (Å²) >= 11 is 0. The predicted octanol–water partition coefficient (Wildman–Crippen LogP) is 5.21. The van der Waals surface area contributed by atoms with Gasteiger partial charge in [0.05, 0.1) is 16.8 Å². The van der Waals surface area contributed by atoms with E-state index in [9.17, 15) is 9.59 Å². The standard InChI is InChI=1S/C27H26N4O2/c1-3-18(2)26(32)30-21-8-6-7-19(15-21)17-29-27(33)23-16-25(20-11-13-28-14-12-20)31-24-10-5-4-9-22(23)24/h4-16,18H,3,17H2,1-2H3,(H,29,33)(H,30,32). The molecule has 2 aromatic heterocycles. The maximum Gasteiger partial charge on any atom is 0.252 e. The molecule has 33 heavy (non-hydrogen) atoms. The van der Waals surface area contributed by atoms with Crippen molar-refractivity contribution in [2.24, 2.45) is 5.92 Å². The van der Waals surface area contributed by atoms with E-state index in [1.165, 1.54) is 0 Å². The molecule has 4 rings (SSSR count). The molecule has 0 saturated heterocycles. The van der Waals surface area contributed by atoms with E-state index < -0.39 is 0 Å². The molecule has 2 amide bonds. The molecule has 0 aliphatic heterocycles. The molecule has 166 valence electrons. The SMILES string of the molecule is CCC(C)C(=O)Nc1cccc(CNC(=O)c2cc(-c3ccncc3)nc3ccccc23)c1. The van der Waals surface area contributed by atoms with Crippen LogP contribution in [0.5, 0.6) is 0 Å². The number of carbonyl (C=O) groups excluding carboxylic acids is 2. The van der Waals surface area contributed by atoms with Gasteiger partial charge >= 0.3 is 0 Å². The smallest absolute Gasteiger partial charge is 0.252 e. The van der Waals surface area contributed by atoms with Gasteiger partial charge in [0.1, 0.15) is 0 Å². The summed E-state index contributed by atoms with van der Waals surface area (Å²) in [4.78, 5) is 34.2. The van der Waals surface area contributed by atoms with Crippen LogP contribution in [0, 0.1) is 5.92 Å². The van der Waals surface area contributed by atoms with Crippen LogP contribution in [0.25, 0.3) is 22.2 Å². The molecule has 6 heteroatoms. The fourth-order valence-corrected chi connectivity index (χ4v) is 3.52. The minimum absolute atomic E-state index is 0.00872. The third-order valence-corrected chi connectivity index (χ3v) is 5.64. The van der Waals surface area contributed by atoms with Gasteiger partial charge in [-0.2, -0.15) is 0 Å². The molecule has 1 unspecified atom stereocenters. The molecule has 0 radical (unpaired) electrons. The highest BCUT2D eigenvalue weighted by Crippen LogP contribution is 2.24. The number of nitrogens with one attached hydrogen (secondary N) is 2. The third-order valence-electron chi connectivity index (χ3n) is 5.64. The molecule has 0 spiro atoms. The highest BCUT2D eigenvalue weighted by Gasteiger charge is 2.14. The average Bonchev–Trinajstić information content (AvgIpc) is 2.86. The minimum atomic E-state index is -0.182. The summed E-state index contributed by atoms with van der Waals surface area (Å²) in [6.07, 6.45) is 4.20. The molecule has 0 aliphatic rings. The number of benzene rings is 2. The maximum atomic E-state index is 13.2. The van der Waals surface area contributed by atoms with E-state index in [1.54, 1.807) is 12.4 Å². The number of amides is 2. The van der Waals surface area contributed by atoms with Gasteiger partial charge in [0, 0.05) is 41.5 Å². The second-order valence-corrected chi connectivity index (χ2v) is 7.99. The van der Waals surface area contributed by atoms with Crippen LogP contribution in [-0.4, -0.2) is 21.8 Å². The van der Waals surface area contributed by atoms with Gasteiger partial charge in [-0.25, -0.2) is 4.98 Å². The number of pyridine rings is 2. The van der Waals surface area contributed by atoms with E-state index in [0.29, 0.717) is 12.1 Å².